The summed E-state index contributed by atoms with van der Waals surface area (Å²) in [7, 11) is 0. The van der Waals surface area contributed by atoms with Gasteiger partial charge in [-0.05, 0) is 25.2 Å². The van der Waals surface area contributed by atoms with Crippen LogP contribution in [0.25, 0.3) is 0 Å². The normalized spacial score (nSPS) is 22.9. The van der Waals surface area contributed by atoms with E-state index in [1.54, 1.807) is 0 Å². The molecule has 0 aliphatic carbocycles. The number of ether oxygens (including phenoxy) is 1. The summed E-state index contributed by atoms with van der Waals surface area (Å²) in [5.74, 6) is 1.08. The molecule has 0 aromatic heterocycles. The minimum Gasteiger partial charge on any atom is -0.381 e. The molecule has 0 bridgehead atoms. The lowest BCUT2D eigenvalue weighted by Crippen LogP contribution is -2.04. The van der Waals surface area contributed by atoms with Gasteiger partial charge in [-0.2, -0.15) is 0 Å². The molecule has 70 valence electrons. The number of ketones is 1. The molecule has 0 radical (unpaired) electrons. The minimum absolute atomic E-state index is 0.421. The van der Waals surface area contributed by atoms with E-state index in [1.807, 2.05) is 0 Å². The first kappa shape index (κ1) is 9.72. The van der Waals surface area contributed by atoms with Crippen molar-refractivity contribution in [2.75, 3.05) is 13.2 Å². The highest BCUT2D eigenvalue weighted by molar-refractivity contribution is 5.78. The molecule has 12 heavy (non-hydrogen) atoms. The third kappa shape index (κ3) is 3.35. The van der Waals surface area contributed by atoms with Crippen molar-refractivity contribution in [2.24, 2.45) is 5.92 Å². The van der Waals surface area contributed by atoms with Gasteiger partial charge >= 0.3 is 0 Å². The van der Waals surface area contributed by atoms with Crippen LogP contribution in [0.2, 0.25) is 0 Å². The van der Waals surface area contributed by atoms with Crippen molar-refractivity contribution in [1.29, 1.82) is 0 Å². The highest BCUT2D eigenvalue weighted by Crippen LogP contribution is 2.18. The van der Waals surface area contributed by atoms with Gasteiger partial charge in [0.1, 0.15) is 5.78 Å². The van der Waals surface area contributed by atoms with Crippen molar-refractivity contribution in [3.05, 3.63) is 0 Å². The molecule has 0 spiro atoms. The Balaban J connectivity index is 2.03. The molecule has 0 N–H and O–H groups in total. The van der Waals surface area contributed by atoms with Crippen molar-refractivity contribution in [3.63, 3.8) is 0 Å². The third-order valence-electron chi connectivity index (χ3n) is 2.38. The zero-order chi connectivity index (χ0) is 8.81. The Morgan fingerprint density at radius 1 is 1.50 bits per heavy atom. The van der Waals surface area contributed by atoms with E-state index in [2.05, 4.69) is 6.92 Å². The van der Waals surface area contributed by atoms with Crippen LogP contribution in [0.3, 0.4) is 0 Å². The molecule has 0 aromatic carbocycles. The van der Waals surface area contributed by atoms with Crippen LogP contribution in [0.4, 0.5) is 0 Å². The summed E-state index contributed by atoms with van der Waals surface area (Å²) in [6.45, 7) is 3.82. The Morgan fingerprint density at radius 2 is 2.33 bits per heavy atom. The lowest BCUT2D eigenvalue weighted by atomic mass is 10.00. The molecule has 1 saturated heterocycles. The molecule has 0 amide bonds. The van der Waals surface area contributed by atoms with Gasteiger partial charge in [-0.15, -0.1) is 0 Å². The van der Waals surface area contributed by atoms with Gasteiger partial charge in [-0.3, -0.25) is 4.79 Å². The lowest BCUT2D eigenvalue weighted by molar-refractivity contribution is -0.119. The van der Waals surface area contributed by atoms with Gasteiger partial charge in [0, 0.05) is 26.1 Å². The van der Waals surface area contributed by atoms with Crippen molar-refractivity contribution < 1.29 is 9.53 Å². The zero-order valence-electron chi connectivity index (χ0n) is 7.84. The highest BCUT2D eigenvalue weighted by atomic mass is 16.5. The van der Waals surface area contributed by atoms with Gasteiger partial charge in [-0.25, -0.2) is 0 Å². The van der Waals surface area contributed by atoms with E-state index in [9.17, 15) is 4.79 Å². The van der Waals surface area contributed by atoms with Gasteiger partial charge < -0.3 is 4.74 Å². The Morgan fingerprint density at radius 3 is 2.92 bits per heavy atom. The topological polar surface area (TPSA) is 26.3 Å². The van der Waals surface area contributed by atoms with Crippen LogP contribution in [0.5, 0.6) is 0 Å². The largest absolute Gasteiger partial charge is 0.381 e. The number of carbonyl (C=O) groups is 1. The molecule has 2 heteroatoms. The monoisotopic (exact) mass is 170 g/mol. The Bertz CT molecular complexity index is 137. The number of Topliss-reactive ketones (excluding diaryl/α,β-unsaturated/α-hetero) is 1. The summed E-state index contributed by atoms with van der Waals surface area (Å²) in [4.78, 5) is 11.2. The van der Waals surface area contributed by atoms with E-state index < -0.39 is 0 Å². The second-order valence-electron chi connectivity index (χ2n) is 3.56. The number of hydrogen-bond donors (Lipinski definition) is 0. The second-order valence-corrected chi connectivity index (χ2v) is 3.56. The first-order chi connectivity index (χ1) is 5.83. The van der Waals surface area contributed by atoms with Crippen LogP contribution >= 0.6 is 0 Å². The third-order valence-corrected chi connectivity index (χ3v) is 2.38. The minimum atomic E-state index is 0.421. The molecule has 1 heterocycles. The van der Waals surface area contributed by atoms with Crippen molar-refractivity contribution in [2.45, 2.75) is 39.0 Å². The van der Waals surface area contributed by atoms with Gasteiger partial charge in [0.25, 0.3) is 0 Å². The average Bonchev–Trinajstić information content (AvgIpc) is 2.53. The molecular weight excluding hydrogens is 152 g/mol. The second kappa shape index (κ2) is 5.31. The predicted molar refractivity (Wildman–Crippen MR) is 48.1 cm³/mol. The van der Waals surface area contributed by atoms with E-state index in [0.29, 0.717) is 11.7 Å². The summed E-state index contributed by atoms with van der Waals surface area (Å²) >= 11 is 0. The van der Waals surface area contributed by atoms with E-state index in [1.165, 1.54) is 0 Å². The predicted octanol–water partition coefficient (Wildman–Crippen LogP) is 2.17. The molecule has 1 atom stereocenters. The Hall–Kier alpha value is -0.370. The van der Waals surface area contributed by atoms with Crippen LogP contribution in [0.1, 0.15) is 39.0 Å². The summed E-state index contributed by atoms with van der Waals surface area (Å²) in [5.41, 5.74) is 0. The van der Waals surface area contributed by atoms with E-state index in [0.717, 1.165) is 45.3 Å². The molecule has 1 aliphatic heterocycles. The van der Waals surface area contributed by atoms with Crippen LogP contribution in [-0.2, 0) is 9.53 Å². The van der Waals surface area contributed by atoms with Gasteiger partial charge in [0.15, 0.2) is 0 Å². The number of rotatable bonds is 5. The maximum atomic E-state index is 11.2. The van der Waals surface area contributed by atoms with E-state index in [-0.39, 0.29) is 0 Å². The standard InChI is InChI=1S/C10H18O2/c1-2-3-10(11)5-4-9-6-7-12-8-9/h9H,2-8H2,1H3. The zero-order valence-corrected chi connectivity index (χ0v) is 7.84. The maximum Gasteiger partial charge on any atom is 0.132 e. The molecule has 0 saturated carbocycles. The summed E-state index contributed by atoms with van der Waals surface area (Å²) in [6, 6.07) is 0. The van der Waals surface area contributed by atoms with Gasteiger partial charge in [0.2, 0.25) is 0 Å². The molecular formula is C10H18O2. The van der Waals surface area contributed by atoms with E-state index in [4.69, 9.17) is 4.74 Å². The van der Waals surface area contributed by atoms with Crippen LogP contribution in [-0.4, -0.2) is 19.0 Å². The maximum absolute atomic E-state index is 11.2. The molecule has 0 aromatic rings. The summed E-state index contributed by atoms with van der Waals surface area (Å²) in [5, 5.41) is 0. The van der Waals surface area contributed by atoms with Crippen LogP contribution in [0, 0.1) is 5.92 Å². The molecule has 1 rings (SSSR count). The number of hydrogen-bond acceptors (Lipinski definition) is 2. The molecule has 1 fully saturated rings. The van der Waals surface area contributed by atoms with Crippen molar-refractivity contribution >= 4 is 5.78 Å². The molecule has 2 nitrogen and oxygen atoms in total. The quantitative estimate of drug-likeness (QED) is 0.632. The smallest absolute Gasteiger partial charge is 0.132 e. The molecule has 1 aliphatic rings. The van der Waals surface area contributed by atoms with Gasteiger partial charge in [0.05, 0.1) is 0 Å². The number of carbonyl (C=O) groups excluding carboxylic acids is 1. The fourth-order valence-corrected chi connectivity index (χ4v) is 1.58. The SMILES string of the molecule is CCCC(=O)CCC1CCOC1. The summed E-state index contributed by atoms with van der Waals surface area (Å²) in [6.07, 6.45) is 4.70. The van der Waals surface area contributed by atoms with Crippen molar-refractivity contribution in [3.8, 4) is 0 Å². The van der Waals surface area contributed by atoms with Crippen LogP contribution < -0.4 is 0 Å². The highest BCUT2D eigenvalue weighted by Gasteiger charge is 2.16. The van der Waals surface area contributed by atoms with Gasteiger partial charge in [-0.1, -0.05) is 6.92 Å². The fourth-order valence-electron chi connectivity index (χ4n) is 1.58. The first-order valence-corrected chi connectivity index (χ1v) is 4.92. The van der Waals surface area contributed by atoms with Crippen LogP contribution in [0.15, 0.2) is 0 Å². The fraction of sp³-hybridized carbons (Fsp3) is 0.900. The molecule has 1 unspecified atom stereocenters. The average molecular weight is 170 g/mol. The van der Waals surface area contributed by atoms with E-state index >= 15 is 0 Å². The first-order valence-electron chi connectivity index (χ1n) is 4.92. The van der Waals surface area contributed by atoms with Crippen molar-refractivity contribution in [1.82, 2.24) is 0 Å². The lowest BCUT2D eigenvalue weighted by Gasteiger charge is -2.04. The Kier molecular flexibility index (Phi) is 4.30. The Labute approximate surface area is 74.3 Å². The summed E-state index contributed by atoms with van der Waals surface area (Å²) < 4.78 is 5.24.